The number of hydrogen-bond donors (Lipinski definition) is 0. The molecule has 2 heterocycles. The Labute approximate surface area is 164 Å². The van der Waals surface area contributed by atoms with Gasteiger partial charge in [0.05, 0.1) is 10.9 Å². The van der Waals surface area contributed by atoms with E-state index in [4.69, 9.17) is 0 Å². The average molecular weight is 359 g/mol. The summed E-state index contributed by atoms with van der Waals surface area (Å²) in [6.45, 7) is 8.10. The van der Waals surface area contributed by atoms with Gasteiger partial charge in [0.25, 0.3) is 0 Å². The predicted molar refractivity (Wildman–Crippen MR) is 115 cm³/mol. The lowest BCUT2D eigenvalue weighted by Crippen LogP contribution is -2.37. The van der Waals surface area contributed by atoms with Gasteiger partial charge in [0.15, 0.2) is 6.20 Å². The molecule has 0 spiro atoms. The molecule has 2 aromatic carbocycles. The topological polar surface area (TPSA) is 3.88 Å². The molecule has 1 nitrogen and oxygen atoms in total. The Kier molecular flexibility index (Phi) is 5.04. The first-order chi connectivity index (χ1) is 13.2. The molecule has 1 aliphatic rings. The summed E-state index contributed by atoms with van der Waals surface area (Å²) in [7, 11) is 0. The van der Waals surface area contributed by atoms with Crippen molar-refractivity contribution in [2.45, 2.75) is 71.3 Å². The standard InChI is InChI=1S/C26H32N/c1-4-7-11-20-12-10-14-22-21(20)16-18-27-19-17-26(5-2,6-3)24-15-9-8-13-23(24)25(22)27/h8-10,12-16,18H,4-7,11,17,19H2,1-3H3/q+1. The summed E-state index contributed by atoms with van der Waals surface area (Å²) in [6, 6.07) is 18.4. The third kappa shape index (κ3) is 2.98. The summed E-state index contributed by atoms with van der Waals surface area (Å²) in [4.78, 5) is 0. The van der Waals surface area contributed by atoms with Crippen molar-refractivity contribution < 1.29 is 4.57 Å². The van der Waals surface area contributed by atoms with Gasteiger partial charge in [0, 0.05) is 17.9 Å². The third-order valence-corrected chi connectivity index (χ3v) is 6.90. The third-order valence-electron chi connectivity index (χ3n) is 6.90. The minimum Gasteiger partial charge on any atom is -0.198 e. The van der Waals surface area contributed by atoms with Crippen LogP contribution in [0.5, 0.6) is 0 Å². The fourth-order valence-corrected chi connectivity index (χ4v) is 5.09. The number of hydrogen-bond acceptors (Lipinski definition) is 0. The first-order valence-electron chi connectivity index (χ1n) is 10.8. The molecule has 0 amide bonds. The van der Waals surface area contributed by atoms with E-state index < -0.39 is 0 Å². The van der Waals surface area contributed by atoms with E-state index in [-0.39, 0.29) is 5.41 Å². The van der Waals surface area contributed by atoms with Crippen molar-refractivity contribution in [3.8, 4) is 11.3 Å². The molecule has 0 saturated carbocycles. The van der Waals surface area contributed by atoms with Crippen LogP contribution in [-0.4, -0.2) is 0 Å². The molecule has 27 heavy (non-hydrogen) atoms. The summed E-state index contributed by atoms with van der Waals surface area (Å²) < 4.78 is 2.51. The molecule has 0 N–H and O–H groups in total. The highest BCUT2D eigenvalue weighted by molar-refractivity contribution is 5.95. The van der Waals surface area contributed by atoms with Crippen molar-refractivity contribution in [1.29, 1.82) is 0 Å². The van der Waals surface area contributed by atoms with Crippen LogP contribution in [0.2, 0.25) is 0 Å². The van der Waals surface area contributed by atoms with E-state index in [2.05, 4.69) is 80.1 Å². The van der Waals surface area contributed by atoms with Crippen LogP contribution in [0.4, 0.5) is 0 Å². The van der Waals surface area contributed by atoms with Crippen LogP contribution in [0.3, 0.4) is 0 Å². The highest BCUT2D eigenvalue weighted by Gasteiger charge is 2.37. The van der Waals surface area contributed by atoms with E-state index in [0.29, 0.717) is 0 Å². The summed E-state index contributed by atoms with van der Waals surface area (Å²) in [6.07, 6.45) is 9.64. The second-order valence-corrected chi connectivity index (χ2v) is 8.12. The second kappa shape index (κ2) is 7.46. The number of aryl methyl sites for hydroxylation is 2. The molecular weight excluding hydrogens is 326 g/mol. The van der Waals surface area contributed by atoms with Crippen LogP contribution in [0.1, 0.15) is 64.0 Å². The SMILES string of the molecule is CCCCc1cccc2c3[n+](ccc12)CCC(CC)(CC)c1ccccc1-3. The number of pyridine rings is 1. The molecule has 0 saturated heterocycles. The van der Waals surface area contributed by atoms with Crippen LogP contribution >= 0.6 is 0 Å². The largest absolute Gasteiger partial charge is 0.220 e. The lowest BCUT2D eigenvalue weighted by molar-refractivity contribution is -0.685. The van der Waals surface area contributed by atoms with Crippen LogP contribution < -0.4 is 4.57 Å². The molecule has 3 aromatic rings. The van der Waals surface area contributed by atoms with Crippen molar-refractivity contribution >= 4 is 10.8 Å². The van der Waals surface area contributed by atoms with Crippen LogP contribution in [-0.2, 0) is 18.4 Å². The fraction of sp³-hybridized carbons (Fsp3) is 0.423. The van der Waals surface area contributed by atoms with Gasteiger partial charge < -0.3 is 0 Å². The molecule has 0 fully saturated rings. The number of benzene rings is 2. The Hall–Kier alpha value is -2.15. The maximum atomic E-state index is 2.51. The Bertz CT molecular complexity index is 950. The van der Waals surface area contributed by atoms with Crippen molar-refractivity contribution in [3.05, 3.63) is 65.9 Å². The highest BCUT2D eigenvalue weighted by atomic mass is 15.0. The van der Waals surface area contributed by atoms with Gasteiger partial charge in [-0.15, -0.1) is 0 Å². The monoisotopic (exact) mass is 358 g/mol. The minimum atomic E-state index is 0.286. The van der Waals surface area contributed by atoms with Crippen molar-refractivity contribution in [3.63, 3.8) is 0 Å². The van der Waals surface area contributed by atoms with Gasteiger partial charge in [-0.3, -0.25) is 0 Å². The molecule has 0 radical (unpaired) electrons. The van der Waals surface area contributed by atoms with E-state index >= 15 is 0 Å². The molecule has 1 aromatic heterocycles. The zero-order valence-corrected chi connectivity index (χ0v) is 17.1. The molecule has 0 bridgehead atoms. The predicted octanol–water partition coefficient (Wildman–Crippen LogP) is 6.60. The lowest BCUT2D eigenvalue weighted by atomic mass is 9.72. The Morgan fingerprint density at radius 3 is 2.48 bits per heavy atom. The second-order valence-electron chi connectivity index (χ2n) is 8.12. The Morgan fingerprint density at radius 2 is 1.70 bits per heavy atom. The van der Waals surface area contributed by atoms with Crippen molar-refractivity contribution in [1.82, 2.24) is 0 Å². The smallest absolute Gasteiger partial charge is 0.198 e. The van der Waals surface area contributed by atoms with Gasteiger partial charge in [-0.05, 0) is 54.3 Å². The maximum Gasteiger partial charge on any atom is 0.220 e. The normalized spacial score (nSPS) is 15.2. The molecule has 0 aliphatic carbocycles. The molecule has 1 heteroatoms. The van der Waals surface area contributed by atoms with E-state index in [1.54, 1.807) is 5.56 Å². The van der Waals surface area contributed by atoms with Gasteiger partial charge in [-0.25, -0.2) is 0 Å². The van der Waals surface area contributed by atoms with E-state index in [1.807, 2.05) is 0 Å². The number of rotatable bonds is 5. The van der Waals surface area contributed by atoms with E-state index in [1.165, 1.54) is 66.1 Å². The van der Waals surface area contributed by atoms with Gasteiger partial charge in [-0.2, -0.15) is 4.57 Å². The highest BCUT2D eigenvalue weighted by Crippen LogP contribution is 2.43. The van der Waals surface area contributed by atoms with Crippen LogP contribution in [0.15, 0.2) is 54.7 Å². The van der Waals surface area contributed by atoms with Crippen molar-refractivity contribution in [2.24, 2.45) is 0 Å². The summed E-state index contributed by atoms with van der Waals surface area (Å²) in [5.74, 6) is 0. The van der Waals surface area contributed by atoms with Gasteiger partial charge in [-0.1, -0.05) is 57.5 Å². The first-order valence-corrected chi connectivity index (χ1v) is 10.8. The maximum absolute atomic E-state index is 2.51. The van der Waals surface area contributed by atoms with E-state index in [9.17, 15) is 0 Å². The molecule has 0 unspecified atom stereocenters. The molecule has 1 aliphatic heterocycles. The molecular formula is C26H32N+. The zero-order chi connectivity index (χ0) is 18.9. The van der Waals surface area contributed by atoms with Crippen molar-refractivity contribution in [2.75, 3.05) is 0 Å². The summed E-state index contributed by atoms with van der Waals surface area (Å²) in [5, 5.41) is 2.86. The Morgan fingerprint density at radius 1 is 0.889 bits per heavy atom. The zero-order valence-electron chi connectivity index (χ0n) is 17.1. The molecule has 0 atom stereocenters. The quantitative estimate of drug-likeness (QED) is 0.452. The molecule has 140 valence electrons. The minimum absolute atomic E-state index is 0.286. The molecule has 4 rings (SSSR count). The van der Waals surface area contributed by atoms with Gasteiger partial charge in [0.2, 0.25) is 5.69 Å². The lowest BCUT2D eigenvalue weighted by Gasteiger charge is -2.31. The Balaban J connectivity index is 2.00. The first kappa shape index (κ1) is 18.2. The van der Waals surface area contributed by atoms with E-state index in [0.717, 1.165) is 6.54 Å². The summed E-state index contributed by atoms with van der Waals surface area (Å²) >= 11 is 0. The van der Waals surface area contributed by atoms with Gasteiger partial charge in [0.1, 0.15) is 6.54 Å². The number of aromatic nitrogens is 1. The number of nitrogens with zero attached hydrogens (tertiary/aromatic N) is 1. The van der Waals surface area contributed by atoms with Gasteiger partial charge >= 0.3 is 0 Å². The van der Waals surface area contributed by atoms with Crippen LogP contribution in [0, 0.1) is 0 Å². The average Bonchev–Trinajstić information content (AvgIpc) is 2.87. The fourth-order valence-electron chi connectivity index (χ4n) is 5.09. The summed E-state index contributed by atoms with van der Waals surface area (Å²) in [5.41, 5.74) is 6.20. The van der Waals surface area contributed by atoms with Crippen LogP contribution in [0.25, 0.3) is 22.0 Å². The number of unbranched alkanes of at least 4 members (excludes halogenated alkanes) is 1. The number of fused-ring (bicyclic) bond motifs is 5.